The first-order valence-corrected chi connectivity index (χ1v) is 9.36. The van der Waals surface area contributed by atoms with Crippen LogP contribution < -0.4 is 4.74 Å². The molecular weight excluding hydrogens is 326 g/mol. The van der Waals surface area contributed by atoms with Crippen molar-refractivity contribution >= 4 is 11.6 Å². The summed E-state index contributed by atoms with van der Waals surface area (Å²) in [6.45, 7) is 7.17. The van der Waals surface area contributed by atoms with E-state index in [2.05, 4.69) is 11.8 Å². The van der Waals surface area contributed by atoms with Gasteiger partial charge < -0.3 is 14.6 Å². The molecule has 2 fully saturated rings. The number of rotatable bonds is 5. The zero-order chi connectivity index (χ0) is 17.0. The maximum Gasteiger partial charge on any atom is 0.119 e. The van der Waals surface area contributed by atoms with Gasteiger partial charge in [-0.2, -0.15) is 0 Å². The summed E-state index contributed by atoms with van der Waals surface area (Å²) in [6.07, 6.45) is 2.82. The minimum atomic E-state index is -0.530. The van der Waals surface area contributed by atoms with E-state index in [1.807, 2.05) is 24.3 Å². The van der Waals surface area contributed by atoms with Gasteiger partial charge in [-0.3, -0.25) is 4.90 Å². The van der Waals surface area contributed by atoms with E-state index in [-0.39, 0.29) is 5.92 Å². The zero-order valence-electron chi connectivity index (χ0n) is 14.4. The minimum Gasteiger partial charge on any atom is -0.492 e. The minimum absolute atomic E-state index is 0.282. The van der Waals surface area contributed by atoms with E-state index in [9.17, 15) is 5.11 Å². The molecule has 2 aliphatic heterocycles. The molecule has 2 atom stereocenters. The Bertz CT molecular complexity index is 518. The lowest BCUT2D eigenvalue weighted by Crippen LogP contribution is -2.56. The first-order valence-electron chi connectivity index (χ1n) is 8.99. The van der Waals surface area contributed by atoms with E-state index in [0.717, 1.165) is 62.9 Å². The number of hydrogen-bond donors (Lipinski definition) is 1. The van der Waals surface area contributed by atoms with Crippen molar-refractivity contribution in [1.29, 1.82) is 0 Å². The number of benzene rings is 1. The average Bonchev–Trinajstić information content (AvgIpc) is 2.61. The SMILES string of the molecule is C[C@@H]1CN(CCOc2ccc(Cl)cc2)CC[C@@]1(O)C1CCOCC1. The summed E-state index contributed by atoms with van der Waals surface area (Å²) in [5.74, 6) is 1.52. The molecule has 0 unspecified atom stereocenters. The lowest BCUT2D eigenvalue weighted by atomic mass is 9.70. The highest BCUT2D eigenvalue weighted by atomic mass is 35.5. The molecule has 2 aliphatic rings. The Balaban J connectivity index is 1.45. The van der Waals surface area contributed by atoms with Crippen molar-refractivity contribution in [1.82, 2.24) is 4.90 Å². The highest BCUT2D eigenvalue weighted by molar-refractivity contribution is 6.30. The van der Waals surface area contributed by atoms with E-state index < -0.39 is 5.60 Å². The van der Waals surface area contributed by atoms with E-state index in [0.29, 0.717) is 12.5 Å². The van der Waals surface area contributed by atoms with Gasteiger partial charge in [-0.15, -0.1) is 0 Å². The summed E-state index contributed by atoms with van der Waals surface area (Å²) in [7, 11) is 0. The summed E-state index contributed by atoms with van der Waals surface area (Å²) in [5, 5.41) is 11.9. The predicted molar refractivity (Wildman–Crippen MR) is 95.7 cm³/mol. The Morgan fingerprint density at radius 2 is 2.00 bits per heavy atom. The van der Waals surface area contributed by atoms with E-state index in [1.54, 1.807) is 0 Å². The largest absolute Gasteiger partial charge is 0.492 e. The van der Waals surface area contributed by atoms with Crippen LogP contribution in [0.2, 0.25) is 5.02 Å². The molecule has 2 saturated heterocycles. The number of halogens is 1. The fourth-order valence-electron chi connectivity index (χ4n) is 4.05. The van der Waals surface area contributed by atoms with Crippen LogP contribution in [-0.2, 0) is 4.74 Å². The predicted octanol–water partition coefficient (Wildman–Crippen LogP) is 3.22. The number of hydrogen-bond acceptors (Lipinski definition) is 4. The first kappa shape index (κ1) is 18.0. The molecule has 5 heteroatoms. The quantitative estimate of drug-likeness (QED) is 0.882. The van der Waals surface area contributed by atoms with Crippen LogP contribution in [0, 0.1) is 11.8 Å². The van der Waals surface area contributed by atoms with Gasteiger partial charge in [0.05, 0.1) is 5.60 Å². The van der Waals surface area contributed by atoms with Gasteiger partial charge in [0.2, 0.25) is 0 Å². The van der Waals surface area contributed by atoms with Gasteiger partial charge in [0.1, 0.15) is 12.4 Å². The van der Waals surface area contributed by atoms with E-state index in [1.165, 1.54) is 0 Å². The van der Waals surface area contributed by atoms with Crippen molar-refractivity contribution in [3.63, 3.8) is 0 Å². The number of piperidine rings is 1. The Morgan fingerprint density at radius 1 is 1.29 bits per heavy atom. The lowest BCUT2D eigenvalue weighted by molar-refractivity contribution is -0.131. The second-order valence-electron chi connectivity index (χ2n) is 7.13. The smallest absolute Gasteiger partial charge is 0.119 e. The van der Waals surface area contributed by atoms with Crippen LogP contribution in [-0.4, -0.2) is 55.1 Å². The lowest BCUT2D eigenvalue weighted by Gasteiger charge is -2.48. The van der Waals surface area contributed by atoms with Crippen LogP contribution in [0.1, 0.15) is 26.2 Å². The molecule has 0 bridgehead atoms. The van der Waals surface area contributed by atoms with Gasteiger partial charge in [-0.1, -0.05) is 18.5 Å². The van der Waals surface area contributed by atoms with Crippen LogP contribution in [0.15, 0.2) is 24.3 Å². The maximum absolute atomic E-state index is 11.2. The molecule has 0 amide bonds. The fourth-order valence-corrected chi connectivity index (χ4v) is 4.18. The third-order valence-electron chi connectivity index (χ3n) is 5.63. The molecular formula is C19H28ClNO3. The van der Waals surface area contributed by atoms with Gasteiger partial charge >= 0.3 is 0 Å². The van der Waals surface area contributed by atoms with Crippen molar-refractivity contribution in [2.75, 3.05) is 39.5 Å². The Kier molecular flexibility index (Phi) is 6.03. The van der Waals surface area contributed by atoms with Gasteiger partial charge in [-0.25, -0.2) is 0 Å². The molecule has 0 radical (unpaired) electrons. The summed E-state index contributed by atoms with van der Waals surface area (Å²) in [5.41, 5.74) is -0.530. The average molecular weight is 354 g/mol. The van der Waals surface area contributed by atoms with Crippen LogP contribution >= 0.6 is 11.6 Å². The second kappa shape index (κ2) is 8.05. The highest BCUT2D eigenvalue weighted by Crippen LogP contribution is 2.39. The Hall–Kier alpha value is -0.810. The molecule has 1 aromatic carbocycles. The zero-order valence-corrected chi connectivity index (χ0v) is 15.2. The van der Waals surface area contributed by atoms with Gasteiger partial charge in [0.15, 0.2) is 0 Å². The molecule has 2 heterocycles. The summed E-state index contributed by atoms with van der Waals surface area (Å²) < 4.78 is 11.2. The third kappa shape index (κ3) is 4.23. The third-order valence-corrected chi connectivity index (χ3v) is 5.88. The van der Waals surface area contributed by atoms with Crippen LogP contribution in [0.3, 0.4) is 0 Å². The van der Waals surface area contributed by atoms with Crippen molar-refractivity contribution < 1.29 is 14.6 Å². The number of nitrogens with zero attached hydrogens (tertiary/aromatic N) is 1. The Labute approximate surface area is 149 Å². The molecule has 0 spiro atoms. The molecule has 3 rings (SSSR count). The second-order valence-corrected chi connectivity index (χ2v) is 7.57. The number of ether oxygens (including phenoxy) is 2. The molecule has 134 valence electrons. The monoisotopic (exact) mass is 353 g/mol. The van der Waals surface area contributed by atoms with Crippen LogP contribution in [0.5, 0.6) is 5.75 Å². The van der Waals surface area contributed by atoms with Gasteiger partial charge in [0.25, 0.3) is 0 Å². The van der Waals surface area contributed by atoms with Crippen molar-refractivity contribution in [2.24, 2.45) is 11.8 Å². The topological polar surface area (TPSA) is 41.9 Å². The van der Waals surface area contributed by atoms with Crippen LogP contribution in [0.25, 0.3) is 0 Å². The summed E-state index contributed by atoms with van der Waals surface area (Å²) >= 11 is 5.88. The normalized spacial score (nSPS) is 29.5. The van der Waals surface area contributed by atoms with Gasteiger partial charge in [0, 0.05) is 37.9 Å². The number of aliphatic hydroxyl groups is 1. The van der Waals surface area contributed by atoms with Crippen LogP contribution in [0.4, 0.5) is 0 Å². The highest BCUT2D eigenvalue weighted by Gasteiger charge is 2.45. The molecule has 1 aromatic rings. The molecule has 0 saturated carbocycles. The molecule has 4 nitrogen and oxygen atoms in total. The van der Waals surface area contributed by atoms with Crippen molar-refractivity contribution in [3.8, 4) is 5.75 Å². The first-order chi connectivity index (χ1) is 11.6. The van der Waals surface area contributed by atoms with Crippen molar-refractivity contribution in [2.45, 2.75) is 31.8 Å². The standard InChI is InChI=1S/C19H28ClNO3/c1-15-14-21(10-13-24-18-4-2-17(20)3-5-18)9-8-19(15,22)16-6-11-23-12-7-16/h2-5,15-16,22H,6-14H2,1H3/t15-,19+/m1/s1. The Morgan fingerprint density at radius 3 is 2.67 bits per heavy atom. The van der Waals surface area contributed by atoms with E-state index in [4.69, 9.17) is 21.1 Å². The van der Waals surface area contributed by atoms with E-state index >= 15 is 0 Å². The maximum atomic E-state index is 11.2. The number of likely N-dealkylation sites (tertiary alicyclic amines) is 1. The van der Waals surface area contributed by atoms with Crippen molar-refractivity contribution in [3.05, 3.63) is 29.3 Å². The molecule has 24 heavy (non-hydrogen) atoms. The molecule has 0 aliphatic carbocycles. The summed E-state index contributed by atoms with van der Waals surface area (Å²) in [4.78, 5) is 2.40. The summed E-state index contributed by atoms with van der Waals surface area (Å²) in [6, 6.07) is 7.47. The molecule has 1 N–H and O–H groups in total. The molecule has 0 aromatic heterocycles. The van der Waals surface area contributed by atoms with Gasteiger partial charge in [-0.05, 0) is 55.4 Å². The fraction of sp³-hybridized carbons (Fsp3) is 0.684.